The zero-order valence-corrected chi connectivity index (χ0v) is 8.87. The Hall–Kier alpha value is -0.610. The molecule has 1 N–H and O–H groups in total. The van der Waals surface area contributed by atoms with E-state index < -0.39 is 0 Å². The van der Waals surface area contributed by atoms with Crippen molar-refractivity contribution >= 4 is 6.34 Å². The number of hydrogen-bond acceptors (Lipinski definition) is 4. The maximum atomic E-state index is 4.37. The summed E-state index contributed by atoms with van der Waals surface area (Å²) >= 11 is 0. The summed E-state index contributed by atoms with van der Waals surface area (Å²) < 4.78 is 0. The van der Waals surface area contributed by atoms with E-state index in [4.69, 9.17) is 0 Å². The molecule has 1 atom stereocenters. The van der Waals surface area contributed by atoms with Crippen LogP contribution in [0.2, 0.25) is 0 Å². The van der Waals surface area contributed by atoms with E-state index in [1.54, 1.807) is 0 Å². The Morgan fingerprint density at radius 2 is 2.43 bits per heavy atom. The smallest absolute Gasteiger partial charge is 0.0951 e. The fourth-order valence-corrected chi connectivity index (χ4v) is 2.17. The van der Waals surface area contributed by atoms with Gasteiger partial charge in [0.05, 0.1) is 25.2 Å². The fraction of sp³-hybridized carbons (Fsp3) is 0.800. The first-order valence-electron chi connectivity index (χ1n) is 5.35. The van der Waals surface area contributed by atoms with Crippen LogP contribution in [0.15, 0.2) is 4.99 Å². The molecule has 0 saturated carbocycles. The Kier molecular flexibility index (Phi) is 2.74. The molecule has 1 fully saturated rings. The quantitative estimate of drug-likeness (QED) is 0.694. The van der Waals surface area contributed by atoms with Crippen molar-refractivity contribution in [3.8, 4) is 0 Å². The SMILES string of the molecule is [CH2]C(CC)(N1C=NCC1)N1CCNC1. The van der Waals surface area contributed by atoms with Crippen LogP contribution in [0.3, 0.4) is 0 Å². The third-order valence-corrected chi connectivity index (χ3v) is 3.24. The minimum absolute atomic E-state index is 0.0937. The number of hydrogen-bond donors (Lipinski definition) is 1. The third kappa shape index (κ3) is 1.53. The lowest BCUT2D eigenvalue weighted by Gasteiger charge is -2.44. The van der Waals surface area contributed by atoms with E-state index in [1.807, 2.05) is 6.34 Å². The summed E-state index contributed by atoms with van der Waals surface area (Å²) in [6, 6.07) is 0. The molecule has 0 aliphatic carbocycles. The van der Waals surface area contributed by atoms with E-state index in [9.17, 15) is 0 Å². The predicted octanol–water partition coefficient (Wildman–Crippen LogP) is 0.133. The van der Waals surface area contributed by atoms with Crippen molar-refractivity contribution in [3.63, 3.8) is 0 Å². The van der Waals surface area contributed by atoms with Crippen molar-refractivity contribution in [1.82, 2.24) is 15.1 Å². The molecule has 79 valence electrons. The maximum absolute atomic E-state index is 4.37. The molecule has 4 nitrogen and oxygen atoms in total. The normalized spacial score (nSPS) is 27.1. The van der Waals surface area contributed by atoms with Gasteiger partial charge in [-0.15, -0.1) is 0 Å². The van der Waals surface area contributed by atoms with Gasteiger partial charge in [0.1, 0.15) is 0 Å². The zero-order chi connectivity index (χ0) is 10.0. The Morgan fingerprint density at radius 1 is 1.57 bits per heavy atom. The highest BCUT2D eigenvalue weighted by Gasteiger charge is 2.37. The first-order chi connectivity index (χ1) is 6.77. The van der Waals surface area contributed by atoms with Crippen LogP contribution in [-0.4, -0.2) is 54.6 Å². The lowest BCUT2D eigenvalue weighted by atomic mass is 10.1. The van der Waals surface area contributed by atoms with Gasteiger partial charge in [0, 0.05) is 19.6 Å². The van der Waals surface area contributed by atoms with Crippen molar-refractivity contribution in [2.45, 2.75) is 19.0 Å². The fourth-order valence-electron chi connectivity index (χ4n) is 2.17. The molecule has 14 heavy (non-hydrogen) atoms. The maximum Gasteiger partial charge on any atom is 0.0951 e. The lowest BCUT2D eigenvalue weighted by Crippen LogP contribution is -2.57. The topological polar surface area (TPSA) is 30.9 Å². The highest BCUT2D eigenvalue weighted by molar-refractivity contribution is 5.58. The molecular weight excluding hydrogens is 176 g/mol. The number of nitrogens with one attached hydrogen (secondary N) is 1. The van der Waals surface area contributed by atoms with Crippen LogP contribution < -0.4 is 5.32 Å². The predicted molar refractivity (Wildman–Crippen MR) is 58.0 cm³/mol. The zero-order valence-electron chi connectivity index (χ0n) is 8.87. The van der Waals surface area contributed by atoms with Crippen molar-refractivity contribution in [2.24, 2.45) is 4.99 Å². The summed E-state index contributed by atoms with van der Waals surface area (Å²) in [5.74, 6) is 0. The summed E-state index contributed by atoms with van der Waals surface area (Å²) in [5.41, 5.74) is -0.0937. The van der Waals surface area contributed by atoms with Gasteiger partial charge < -0.3 is 10.2 Å². The second-order valence-corrected chi connectivity index (χ2v) is 3.97. The van der Waals surface area contributed by atoms with Crippen molar-refractivity contribution in [3.05, 3.63) is 6.92 Å². The Balaban J connectivity index is 2.10. The van der Waals surface area contributed by atoms with E-state index >= 15 is 0 Å². The van der Waals surface area contributed by atoms with Gasteiger partial charge in [-0.2, -0.15) is 0 Å². The number of aliphatic imine (C=N–C) groups is 1. The van der Waals surface area contributed by atoms with E-state index in [2.05, 4.69) is 34.0 Å². The van der Waals surface area contributed by atoms with Crippen LogP contribution in [0.5, 0.6) is 0 Å². The van der Waals surface area contributed by atoms with Crippen molar-refractivity contribution < 1.29 is 0 Å². The number of nitrogens with zero attached hydrogens (tertiary/aromatic N) is 3. The molecule has 1 radical (unpaired) electrons. The van der Waals surface area contributed by atoms with Crippen LogP contribution >= 0.6 is 0 Å². The number of rotatable bonds is 3. The molecule has 0 bridgehead atoms. The Morgan fingerprint density at radius 3 is 2.93 bits per heavy atom. The van der Waals surface area contributed by atoms with E-state index in [-0.39, 0.29) is 5.66 Å². The second-order valence-electron chi connectivity index (χ2n) is 3.97. The molecule has 2 rings (SSSR count). The monoisotopic (exact) mass is 195 g/mol. The standard InChI is InChI=1S/C10H19N4/c1-3-10(2,13-6-4-11-8-13)14-7-5-12-9-14/h8,12H,2-7,9H2,1H3. The molecule has 0 spiro atoms. The van der Waals surface area contributed by atoms with Gasteiger partial charge in [-0.3, -0.25) is 9.89 Å². The minimum atomic E-state index is -0.0937. The summed E-state index contributed by atoms with van der Waals surface area (Å²) in [6.45, 7) is 11.6. The van der Waals surface area contributed by atoms with Gasteiger partial charge in [-0.05, 0) is 13.3 Å². The minimum Gasteiger partial charge on any atom is -0.343 e. The molecule has 0 aromatic carbocycles. The van der Waals surface area contributed by atoms with Crippen molar-refractivity contribution in [2.75, 3.05) is 32.8 Å². The summed E-state index contributed by atoms with van der Waals surface area (Å²) in [7, 11) is 0. The van der Waals surface area contributed by atoms with Crippen LogP contribution in [-0.2, 0) is 0 Å². The van der Waals surface area contributed by atoms with Gasteiger partial charge in [0.25, 0.3) is 0 Å². The summed E-state index contributed by atoms with van der Waals surface area (Å²) in [5, 5.41) is 3.35. The van der Waals surface area contributed by atoms with E-state index in [0.29, 0.717) is 0 Å². The van der Waals surface area contributed by atoms with E-state index in [1.165, 1.54) is 0 Å². The molecule has 0 aromatic heterocycles. The molecule has 2 heterocycles. The molecule has 1 saturated heterocycles. The lowest BCUT2D eigenvalue weighted by molar-refractivity contribution is 0.0435. The first-order valence-corrected chi connectivity index (χ1v) is 5.35. The van der Waals surface area contributed by atoms with E-state index in [0.717, 1.165) is 39.3 Å². The molecule has 1 unspecified atom stereocenters. The van der Waals surface area contributed by atoms with Gasteiger partial charge in [-0.1, -0.05) is 6.92 Å². The van der Waals surface area contributed by atoms with Gasteiger partial charge in [0.2, 0.25) is 0 Å². The molecule has 2 aliphatic rings. The van der Waals surface area contributed by atoms with Crippen molar-refractivity contribution in [1.29, 1.82) is 0 Å². The molecule has 0 amide bonds. The largest absolute Gasteiger partial charge is 0.343 e. The second kappa shape index (κ2) is 3.87. The van der Waals surface area contributed by atoms with Crippen LogP contribution in [0, 0.1) is 6.92 Å². The highest BCUT2D eigenvalue weighted by Crippen LogP contribution is 2.24. The molecular formula is C10H19N4. The van der Waals surface area contributed by atoms with Crippen LogP contribution in [0.1, 0.15) is 13.3 Å². The summed E-state index contributed by atoms with van der Waals surface area (Å²) in [4.78, 5) is 8.92. The average Bonchev–Trinajstić information content (AvgIpc) is 2.88. The molecule has 0 aromatic rings. The van der Waals surface area contributed by atoms with Gasteiger partial charge >= 0.3 is 0 Å². The highest BCUT2D eigenvalue weighted by atomic mass is 15.5. The molecule has 2 aliphatic heterocycles. The van der Waals surface area contributed by atoms with Gasteiger partial charge in [0.15, 0.2) is 0 Å². The Bertz CT molecular complexity index is 222. The molecule has 4 heteroatoms. The first kappa shape index (κ1) is 9.93. The van der Waals surface area contributed by atoms with Crippen LogP contribution in [0.25, 0.3) is 0 Å². The van der Waals surface area contributed by atoms with Gasteiger partial charge in [-0.25, -0.2) is 0 Å². The average molecular weight is 195 g/mol. The Labute approximate surface area is 86.0 Å². The summed E-state index contributed by atoms with van der Waals surface area (Å²) in [6.07, 6.45) is 2.98. The third-order valence-electron chi connectivity index (χ3n) is 3.24. The van der Waals surface area contributed by atoms with Crippen LogP contribution in [0.4, 0.5) is 0 Å².